The molecular weight excluding hydrogens is 957 g/mol. The van der Waals surface area contributed by atoms with E-state index in [4.69, 9.17) is 9.47 Å². The van der Waals surface area contributed by atoms with Crippen molar-refractivity contribution in [2.24, 2.45) is 0 Å². The number of quaternary nitrogens is 4. The van der Waals surface area contributed by atoms with Crippen molar-refractivity contribution in [3.05, 3.63) is 60.1 Å². The van der Waals surface area contributed by atoms with E-state index in [1.165, 1.54) is 110 Å². The number of aliphatic hydroxyl groups is 2. The Balaban J connectivity index is 1.20. The second kappa shape index (κ2) is 30.7. The molecule has 4 aliphatic rings. The fraction of sp³-hybridized carbons (Fsp3) is 0.742. The number of benzene rings is 1. The molecule has 0 spiro atoms. The van der Waals surface area contributed by atoms with Crippen LogP contribution in [0.5, 0.6) is 0 Å². The third kappa shape index (κ3) is 20.8. The van der Waals surface area contributed by atoms with Crippen LogP contribution in [0.25, 0.3) is 0 Å². The molecule has 2 N–H and O–H groups in total. The quantitative estimate of drug-likeness (QED) is 0.0391. The molecule has 0 radical (unpaired) electrons. The predicted octanol–water partition coefficient (Wildman–Crippen LogP) is 11.9. The lowest BCUT2D eigenvalue weighted by atomic mass is 10.1. The number of ether oxygens (including phenoxy) is 2. The number of hydrogen-bond donors (Lipinski definition) is 2. The molecule has 0 amide bonds. The van der Waals surface area contributed by atoms with Gasteiger partial charge in [-0.3, -0.25) is 0 Å². The molecule has 12 heteroatoms. The van der Waals surface area contributed by atoms with Gasteiger partial charge in [0.2, 0.25) is 11.4 Å². The summed E-state index contributed by atoms with van der Waals surface area (Å²) in [6.45, 7) is 14.7. The zero-order valence-corrected chi connectivity index (χ0v) is 51.0. The van der Waals surface area contributed by atoms with E-state index in [1.54, 1.807) is 14.2 Å². The van der Waals surface area contributed by atoms with Crippen LogP contribution in [0.1, 0.15) is 142 Å². The van der Waals surface area contributed by atoms with Crippen molar-refractivity contribution in [3.63, 3.8) is 0 Å². The second-order valence-corrected chi connectivity index (χ2v) is 27.6. The minimum Gasteiger partial charge on any atom is -0.497 e. The molecule has 0 saturated carbocycles. The summed E-state index contributed by atoms with van der Waals surface area (Å²) in [7, 11) is 22.4. The Morgan fingerprint density at radius 1 is 0.459 bits per heavy atom. The SMILES string of the molecule is CCCCCCCCCC(O)C[N+](C)(C)CC[N+](C)(C)CCCC[N+]1=C2C=CC(OC)=CC2Sc2cc3c(cc21)SC1C=C(OC)C=CC1=[N+]3CCCC[N+](C)(C)CC[N+](C)(C)CC(O)CCCCCCCCC. The molecule has 2 heterocycles. The first-order valence-electron chi connectivity index (χ1n) is 29.6. The van der Waals surface area contributed by atoms with Gasteiger partial charge >= 0.3 is 0 Å². The number of allylic oxidation sites excluding steroid dienone is 4. The lowest BCUT2D eigenvalue weighted by molar-refractivity contribution is -0.947. The van der Waals surface area contributed by atoms with Gasteiger partial charge in [-0.2, -0.15) is 9.15 Å². The number of methoxy groups -OCH3 is 2. The van der Waals surface area contributed by atoms with Crippen molar-refractivity contribution in [2.45, 2.75) is 175 Å². The van der Waals surface area contributed by atoms with Crippen LogP contribution >= 0.6 is 23.5 Å². The van der Waals surface area contributed by atoms with Crippen LogP contribution in [-0.2, 0) is 9.47 Å². The molecular formula is C62H110N6O4S2+6. The fourth-order valence-corrected chi connectivity index (χ4v) is 13.9. The standard InChI is InChI=1S/C62H110N6O4S2/c1-13-15-17-19-21-23-25-31-51(69)49-67(7,8)43-41-65(3,4)39-29-27-37-63-55-35-33-53(71-11)45-59(55)73-61-48-58-62(47-57(61)63)74-60-46-54(72-12)34-36-56(60)64(58)38-28-30-40-66(5,6)42-44-68(9,10)50-52(70)32-26-24-22-20-18-16-14-2/h33-36,45-48,51-52,59-60,69-70H,13-32,37-44,49-50H2,1-12H3/q+6. The Bertz CT molecular complexity index is 1940. The first kappa shape index (κ1) is 62.4. The molecule has 2 aliphatic carbocycles. The van der Waals surface area contributed by atoms with Gasteiger partial charge in [0.1, 0.15) is 86.6 Å². The first-order valence-corrected chi connectivity index (χ1v) is 31.4. The first-order chi connectivity index (χ1) is 35.3. The normalized spacial score (nSPS) is 18.7. The molecule has 4 atom stereocenters. The highest BCUT2D eigenvalue weighted by molar-refractivity contribution is 8.01. The smallest absolute Gasteiger partial charge is 0.220 e. The Labute approximate surface area is 461 Å². The van der Waals surface area contributed by atoms with Gasteiger partial charge in [0, 0.05) is 50.0 Å². The van der Waals surface area contributed by atoms with Gasteiger partial charge in [-0.1, -0.05) is 104 Å². The summed E-state index contributed by atoms with van der Waals surface area (Å²) in [4.78, 5) is 2.68. The summed E-state index contributed by atoms with van der Waals surface area (Å²) in [5.41, 5.74) is 5.35. The van der Waals surface area contributed by atoms with E-state index in [-0.39, 0.29) is 22.7 Å². The molecule has 10 nitrogen and oxygen atoms in total. The topological polar surface area (TPSA) is 64.9 Å². The molecule has 1 aromatic rings. The lowest BCUT2D eigenvalue weighted by Gasteiger charge is -2.36. The summed E-state index contributed by atoms with van der Waals surface area (Å²) in [5, 5.41) is 22.3. The largest absolute Gasteiger partial charge is 0.497 e. The highest BCUT2D eigenvalue weighted by Gasteiger charge is 2.41. The number of rotatable bonds is 38. The zero-order chi connectivity index (χ0) is 53.8. The van der Waals surface area contributed by atoms with Gasteiger partial charge in [0.25, 0.3) is 0 Å². The number of aliphatic hydroxyl groups excluding tert-OH is 2. The maximum atomic E-state index is 11.0. The van der Waals surface area contributed by atoms with Gasteiger partial charge in [-0.25, -0.2) is 0 Å². The maximum Gasteiger partial charge on any atom is 0.220 e. The number of hydrogen-bond acceptors (Lipinski definition) is 6. The average Bonchev–Trinajstić information content (AvgIpc) is 3.35. The van der Waals surface area contributed by atoms with Crippen LogP contribution < -0.4 is 0 Å². The molecule has 74 heavy (non-hydrogen) atoms. The molecule has 0 saturated heterocycles. The van der Waals surface area contributed by atoms with Crippen LogP contribution in [0, 0.1) is 0 Å². The molecule has 418 valence electrons. The molecule has 5 rings (SSSR count). The van der Waals surface area contributed by atoms with Crippen molar-refractivity contribution in [3.8, 4) is 0 Å². The van der Waals surface area contributed by atoms with Gasteiger partial charge in [-0.15, -0.1) is 23.5 Å². The molecule has 0 fully saturated rings. The van der Waals surface area contributed by atoms with Crippen LogP contribution in [0.3, 0.4) is 0 Å². The predicted molar refractivity (Wildman–Crippen MR) is 317 cm³/mol. The van der Waals surface area contributed by atoms with Gasteiger partial charge < -0.3 is 37.6 Å². The number of fused-ring (bicyclic) bond motifs is 4. The molecule has 0 bridgehead atoms. The van der Waals surface area contributed by atoms with E-state index < -0.39 is 0 Å². The van der Waals surface area contributed by atoms with E-state index >= 15 is 0 Å². The average molecular weight is 1070 g/mol. The van der Waals surface area contributed by atoms with Crippen molar-refractivity contribution in [1.82, 2.24) is 0 Å². The van der Waals surface area contributed by atoms with Crippen molar-refractivity contribution in [2.75, 3.05) is 136 Å². The third-order valence-corrected chi connectivity index (χ3v) is 18.8. The molecule has 0 aromatic heterocycles. The van der Waals surface area contributed by atoms with Crippen LogP contribution in [-0.4, -0.2) is 207 Å². The summed E-state index contributed by atoms with van der Waals surface area (Å²) in [6, 6.07) is 5.01. The summed E-state index contributed by atoms with van der Waals surface area (Å²) >= 11 is 3.93. The Hall–Kier alpha value is -2.42. The van der Waals surface area contributed by atoms with E-state index in [0.717, 1.165) is 146 Å². The monoisotopic (exact) mass is 1070 g/mol. The lowest BCUT2D eigenvalue weighted by Crippen LogP contribution is -2.53. The van der Waals surface area contributed by atoms with E-state index in [1.807, 2.05) is 23.5 Å². The van der Waals surface area contributed by atoms with Gasteiger partial charge in [0.05, 0.1) is 93.5 Å². The van der Waals surface area contributed by atoms with E-state index in [2.05, 4.69) is 128 Å². The third-order valence-electron chi connectivity index (χ3n) is 16.4. The molecule has 4 unspecified atom stereocenters. The van der Waals surface area contributed by atoms with Crippen LogP contribution in [0.4, 0.5) is 11.4 Å². The number of unbranched alkanes of at least 4 members (excludes halogenated alkanes) is 14. The number of nitrogens with zero attached hydrogens (tertiary/aromatic N) is 6. The Morgan fingerprint density at radius 2 is 0.811 bits per heavy atom. The maximum absolute atomic E-state index is 11.0. The number of thioether (sulfide) groups is 2. The minimum absolute atomic E-state index is 0.192. The van der Waals surface area contributed by atoms with Crippen molar-refractivity contribution >= 4 is 46.3 Å². The minimum atomic E-state index is -0.218. The highest BCUT2D eigenvalue weighted by atomic mass is 32.2. The summed E-state index contributed by atoms with van der Waals surface area (Å²) in [5.74, 6) is 1.87. The van der Waals surface area contributed by atoms with Gasteiger partial charge in [-0.05, 0) is 37.1 Å². The zero-order valence-electron chi connectivity index (χ0n) is 49.4. The van der Waals surface area contributed by atoms with Crippen LogP contribution in [0.15, 0.2) is 69.9 Å². The highest BCUT2D eigenvalue weighted by Crippen LogP contribution is 2.49. The Kier molecular flexibility index (Phi) is 25.9. The van der Waals surface area contributed by atoms with E-state index in [0.29, 0.717) is 0 Å². The van der Waals surface area contributed by atoms with Crippen molar-refractivity contribution in [1.29, 1.82) is 0 Å². The second-order valence-electron chi connectivity index (χ2n) is 25.2. The van der Waals surface area contributed by atoms with E-state index in [9.17, 15) is 10.2 Å². The number of likely N-dealkylation sites (N-methyl/N-ethyl adjacent to an activating group) is 4. The molecule has 2 aliphatic heterocycles. The fourth-order valence-electron chi connectivity index (χ4n) is 11.4. The Morgan fingerprint density at radius 3 is 1.18 bits per heavy atom. The van der Waals surface area contributed by atoms with Crippen molar-refractivity contribution < 1.29 is 46.8 Å². The molecule has 1 aromatic carbocycles. The summed E-state index contributed by atoms with van der Waals surface area (Å²) in [6.07, 6.45) is 37.5. The van der Waals surface area contributed by atoms with Gasteiger partial charge in [0.15, 0.2) is 11.4 Å². The summed E-state index contributed by atoms with van der Waals surface area (Å²) < 4.78 is 20.6. The van der Waals surface area contributed by atoms with Crippen LogP contribution in [0.2, 0.25) is 0 Å².